The number of piperidine rings is 2. The fraction of sp³-hybridized carbons (Fsp3) is 0.941. The summed E-state index contributed by atoms with van der Waals surface area (Å²) in [5, 5.41) is 3.63. The van der Waals surface area contributed by atoms with E-state index in [0.29, 0.717) is 0 Å². The van der Waals surface area contributed by atoms with Crippen molar-refractivity contribution in [1.82, 2.24) is 15.1 Å². The van der Waals surface area contributed by atoms with Crippen molar-refractivity contribution in [3.63, 3.8) is 0 Å². The van der Waals surface area contributed by atoms with Gasteiger partial charge in [0.05, 0.1) is 0 Å². The zero-order valence-electron chi connectivity index (χ0n) is 14.7. The average molecular weight is 422 g/mol. The Balaban J connectivity index is 0.00000242. The Morgan fingerprint density at radius 3 is 2.27 bits per heavy atom. The van der Waals surface area contributed by atoms with Gasteiger partial charge in [-0.3, -0.25) is 4.99 Å². The van der Waals surface area contributed by atoms with E-state index in [-0.39, 0.29) is 24.0 Å². The summed E-state index contributed by atoms with van der Waals surface area (Å²) >= 11 is 0. The molecule has 2 fully saturated rings. The van der Waals surface area contributed by atoms with Gasteiger partial charge in [-0.2, -0.15) is 0 Å². The topological polar surface area (TPSA) is 30.9 Å². The first-order chi connectivity index (χ1) is 10.2. The molecule has 0 aliphatic carbocycles. The smallest absolute Gasteiger partial charge is 0.193 e. The van der Waals surface area contributed by atoms with Crippen LogP contribution in [0.5, 0.6) is 0 Å². The molecule has 2 rings (SSSR count). The minimum atomic E-state index is 0. The van der Waals surface area contributed by atoms with Gasteiger partial charge in [-0.15, -0.1) is 24.0 Å². The normalized spacial score (nSPS) is 22.5. The number of hydrogen-bond acceptors (Lipinski definition) is 2. The van der Waals surface area contributed by atoms with Crippen LogP contribution in [0, 0.1) is 11.8 Å². The molecule has 0 bridgehead atoms. The number of nitrogens with zero attached hydrogens (tertiary/aromatic N) is 3. The lowest BCUT2D eigenvalue weighted by molar-refractivity contribution is 0.184. The first-order valence-electron chi connectivity index (χ1n) is 8.90. The molecule has 0 aromatic heterocycles. The maximum Gasteiger partial charge on any atom is 0.193 e. The average Bonchev–Trinajstić information content (AvgIpc) is 2.51. The van der Waals surface area contributed by atoms with Crippen LogP contribution >= 0.6 is 24.0 Å². The van der Waals surface area contributed by atoms with Crippen LogP contribution in [0.4, 0.5) is 0 Å². The van der Waals surface area contributed by atoms with Crippen LogP contribution in [0.2, 0.25) is 0 Å². The molecule has 4 nitrogen and oxygen atoms in total. The van der Waals surface area contributed by atoms with Crippen molar-refractivity contribution >= 4 is 29.9 Å². The molecule has 0 aromatic rings. The number of aliphatic imine (C=N–C) groups is 1. The lowest BCUT2D eigenvalue weighted by Gasteiger charge is -2.35. The summed E-state index contributed by atoms with van der Waals surface area (Å²) in [6.07, 6.45) is 6.55. The van der Waals surface area contributed by atoms with Crippen LogP contribution in [-0.2, 0) is 0 Å². The predicted octanol–water partition coefficient (Wildman–Crippen LogP) is 3.03. The van der Waals surface area contributed by atoms with E-state index in [1.807, 2.05) is 7.05 Å². The summed E-state index contributed by atoms with van der Waals surface area (Å²) in [7, 11) is 1.92. The van der Waals surface area contributed by atoms with Crippen molar-refractivity contribution in [2.45, 2.75) is 46.0 Å². The molecule has 0 atom stereocenters. The van der Waals surface area contributed by atoms with Crippen LogP contribution in [0.3, 0.4) is 0 Å². The van der Waals surface area contributed by atoms with Gasteiger partial charge in [0.15, 0.2) is 5.96 Å². The second-order valence-electron chi connectivity index (χ2n) is 6.88. The van der Waals surface area contributed by atoms with Crippen LogP contribution < -0.4 is 5.32 Å². The standard InChI is InChI=1S/C17H34N4.HI/c1-4-9-20-10-7-16(8-11-20)14-19-17(18-3)21-12-5-15(2)6-13-21;/h15-16H,4-14H2,1-3H3,(H,18,19);1H. The molecule has 1 N–H and O–H groups in total. The summed E-state index contributed by atoms with van der Waals surface area (Å²) < 4.78 is 0. The third-order valence-electron chi connectivity index (χ3n) is 5.09. The van der Waals surface area contributed by atoms with Crippen LogP contribution in [0.1, 0.15) is 46.0 Å². The van der Waals surface area contributed by atoms with Crippen molar-refractivity contribution in [2.75, 3.05) is 46.3 Å². The molecule has 5 heteroatoms. The summed E-state index contributed by atoms with van der Waals surface area (Å²) in [6.45, 7) is 11.9. The summed E-state index contributed by atoms with van der Waals surface area (Å²) in [5.41, 5.74) is 0. The molecular formula is C17H35IN4. The highest BCUT2D eigenvalue weighted by Gasteiger charge is 2.21. The van der Waals surface area contributed by atoms with E-state index in [0.717, 1.165) is 37.4 Å². The molecule has 2 saturated heterocycles. The Morgan fingerprint density at radius 2 is 1.73 bits per heavy atom. The van der Waals surface area contributed by atoms with Crippen LogP contribution in [-0.4, -0.2) is 62.1 Å². The largest absolute Gasteiger partial charge is 0.356 e. The molecule has 130 valence electrons. The summed E-state index contributed by atoms with van der Waals surface area (Å²) in [6, 6.07) is 0. The van der Waals surface area contributed by atoms with Gasteiger partial charge in [0.25, 0.3) is 0 Å². The van der Waals surface area contributed by atoms with Crippen molar-refractivity contribution < 1.29 is 0 Å². The zero-order chi connectivity index (χ0) is 15.1. The lowest BCUT2D eigenvalue weighted by atomic mass is 9.96. The van der Waals surface area contributed by atoms with E-state index in [2.05, 4.69) is 34.0 Å². The van der Waals surface area contributed by atoms with Crippen LogP contribution in [0.15, 0.2) is 4.99 Å². The highest BCUT2D eigenvalue weighted by Crippen LogP contribution is 2.18. The first kappa shape index (κ1) is 20.0. The fourth-order valence-electron chi connectivity index (χ4n) is 3.52. The van der Waals surface area contributed by atoms with Crippen molar-refractivity contribution in [3.05, 3.63) is 0 Å². The number of likely N-dealkylation sites (tertiary alicyclic amines) is 2. The molecular weight excluding hydrogens is 387 g/mol. The second kappa shape index (κ2) is 10.7. The Hall–Kier alpha value is -0.0400. The first-order valence-corrected chi connectivity index (χ1v) is 8.90. The minimum Gasteiger partial charge on any atom is -0.356 e. The van der Waals surface area contributed by atoms with Crippen molar-refractivity contribution in [1.29, 1.82) is 0 Å². The van der Waals surface area contributed by atoms with Gasteiger partial charge >= 0.3 is 0 Å². The third-order valence-corrected chi connectivity index (χ3v) is 5.09. The van der Waals surface area contributed by atoms with E-state index < -0.39 is 0 Å². The fourth-order valence-corrected chi connectivity index (χ4v) is 3.52. The van der Waals surface area contributed by atoms with Crippen molar-refractivity contribution in [2.24, 2.45) is 16.8 Å². The second-order valence-corrected chi connectivity index (χ2v) is 6.88. The third kappa shape index (κ3) is 6.22. The molecule has 0 aromatic carbocycles. The van der Waals surface area contributed by atoms with E-state index in [1.54, 1.807) is 0 Å². The molecule has 2 heterocycles. The van der Waals surface area contributed by atoms with E-state index in [9.17, 15) is 0 Å². The maximum atomic E-state index is 4.49. The van der Waals surface area contributed by atoms with Gasteiger partial charge in [0.2, 0.25) is 0 Å². The number of guanidine groups is 1. The monoisotopic (exact) mass is 422 g/mol. The summed E-state index contributed by atoms with van der Waals surface area (Å²) in [4.78, 5) is 9.53. The molecule has 2 aliphatic rings. The maximum absolute atomic E-state index is 4.49. The number of hydrogen-bond donors (Lipinski definition) is 1. The van der Waals surface area contributed by atoms with Gasteiger partial charge in [-0.05, 0) is 63.6 Å². The quantitative estimate of drug-likeness (QED) is 0.429. The SMILES string of the molecule is CCCN1CCC(CNC(=NC)N2CCC(C)CC2)CC1.I. The number of rotatable bonds is 4. The Labute approximate surface area is 154 Å². The molecule has 0 saturated carbocycles. The van der Waals surface area contributed by atoms with Gasteiger partial charge in [-0.1, -0.05) is 13.8 Å². The van der Waals surface area contributed by atoms with E-state index in [1.165, 1.54) is 51.7 Å². The molecule has 22 heavy (non-hydrogen) atoms. The highest BCUT2D eigenvalue weighted by molar-refractivity contribution is 14.0. The van der Waals surface area contributed by atoms with Gasteiger partial charge in [0.1, 0.15) is 0 Å². The van der Waals surface area contributed by atoms with E-state index in [4.69, 9.17) is 0 Å². The molecule has 2 aliphatic heterocycles. The Kier molecular flexibility index (Phi) is 9.71. The zero-order valence-corrected chi connectivity index (χ0v) is 17.0. The van der Waals surface area contributed by atoms with E-state index >= 15 is 0 Å². The molecule has 0 amide bonds. The minimum absolute atomic E-state index is 0. The Morgan fingerprint density at radius 1 is 1.09 bits per heavy atom. The predicted molar refractivity (Wildman–Crippen MR) is 106 cm³/mol. The van der Waals surface area contributed by atoms with Gasteiger partial charge in [0, 0.05) is 26.7 Å². The van der Waals surface area contributed by atoms with Gasteiger partial charge in [-0.25, -0.2) is 0 Å². The summed E-state index contributed by atoms with van der Waals surface area (Å²) in [5.74, 6) is 2.82. The number of halogens is 1. The van der Waals surface area contributed by atoms with Gasteiger partial charge < -0.3 is 15.1 Å². The number of nitrogens with one attached hydrogen (secondary N) is 1. The molecule has 0 unspecified atom stereocenters. The van der Waals surface area contributed by atoms with Crippen LogP contribution in [0.25, 0.3) is 0 Å². The van der Waals surface area contributed by atoms with Crippen molar-refractivity contribution in [3.8, 4) is 0 Å². The Bertz CT molecular complexity index is 319. The molecule has 0 spiro atoms. The molecule has 0 radical (unpaired) electrons. The lowest BCUT2D eigenvalue weighted by Crippen LogP contribution is -2.47. The highest BCUT2D eigenvalue weighted by atomic mass is 127.